The van der Waals surface area contributed by atoms with Gasteiger partial charge in [0, 0.05) is 0 Å². The van der Waals surface area contributed by atoms with Crippen molar-refractivity contribution in [2.75, 3.05) is 13.1 Å². The number of carboxylic acid groups (broad SMARTS) is 1. The van der Waals surface area contributed by atoms with E-state index in [1.54, 1.807) is 0 Å². The quantitative estimate of drug-likeness (QED) is 0.823. The van der Waals surface area contributed by atoms with Crippen molar-refractivity contribution in [1.82, 2.24) is 5.32 Å². The Morgan fingerprint density at radius 1 is 1.38 bits per heavy atom. The third-order valence-corrected chi connectivity index (χ3v) is 2.56. The maximum absolute atomic E-state index is 10.4. The second-order valence-corrected chi connectivity index (χ2v) is 4.01. The predicted molar refractivity (Wildman–Crippen MR) is 64.6 cm³/mol. The van der Waals surface area contributed by atoms with Crippen LogP contribution in [-0.4, -0.2) is 24.2 Å². The summed E-state index contributed by atoms with van der Waals surface area (Å²) in [6.07, 6.45) is 1.59. The van der Waals surface area contributed by atoms with E-state index in [0.717, 1.165) is 5.56 Å². The molecule has 1 aliphatic rings. The first-order valence-corrected chi connectivity index (χ1v) is 5.67. The highest BCUT2D eigenvalue weighted by Gasteiger charge is 2.08. The molecule has 3 heteroatoms. The zero-order valence-corrected chi connectivity index (χ0v) is 9.65. The van der Waals surface area contributed by atoms with Crippen molar-refractivity contribution in [3.63, 3.8) is 0 Å². The van der Waals surface area contributed by atoms with Gasteiger partial charge in [-0.15, -0.1) is 0 Å². The molecule has 0 aliphatic carbocycles. The van der Waals surface area contributed by atoms with Crippen LogP contribution in [0.3, 0.4) is 0 Å². The van der Waals surface area contributed by atoms with Gasteiger partial charge in [0.15, 0.2) is 0 Å². The van der Waals surface area contributed by atoms with Gasteiger partial charge in [0.25, 0.3) is 0 Å². The third-order valence-electron chi connectivity index (χ3n) is 2.56. The van der Waals surface area contributed by atoms with Crippen LogP contribution < -0.4 is 5.32 Å². The van der Waals surface area contributed by atoms with E-state index in [0.29, 0.717) is 0 Å². The summed E-state index contributed by atoms with van der Waals surface area (Å²) in [7, 11) is 0. The first kappa shape index (κ1) is 12.7. The monoisotopic (exact) mass is 221 g/mol. The molecule has 0 bridgehead atoms. The lowest BCUT2D eigenvalue weighted by Crippen LogP contribution is -2.29. The van der Waals surface area contributed by atoms with Gasteiger partial charge in [-0.2, -0.15) is 0 Å². The summed E-state index contributed by atoms with van der Waals surface area (Å²) in [4.78, 5) is 10.4. The van der Waals surface area contributed by atoms with E-state index in [4.69, 9.17) is 5.11 Å². The van der Waals surface area contributed by atoms with E-state index in [-0.39, 0.29) is 12.3 Å². The van der Waals surface area contributed by atoms with Gasteiger partial charge in [-0.3, -0.25) is 4.79 Å². The highest BCUT2D eigenvalue weighted by Crippen LogP contribution is 2.17. The van der Waals surface area contributed by atoms with Crippen LogP contribution >= 0.6 is 0 Å². The van der Waals surface area contributed by atoms with Crippen molar-refractivity contribution in [1.29, 1.82) is 0 Å². The SMILES string of the molecule is C1CNC1.CC(CC(=O)O)c1ccccc1. The molecular formula is C13H19NO2. The molecule has 88 valence electrons. The first-order chi connectivity index (χ1) is 7.70. The van der Waals surface area contributed by atoms with E-state index >= 15 is 0 Å². The molecule has 0 saturated carbocycles. The van der Waals surface area contributed by atoms with E-state index < -0.39 is 5.97 Å². The summed E-state index contributed by atoms with van der Waals surface area (Å²) >= 11 is 0. The van der Waals surface area contributed by atoms with E-state index in [9.17, 15) is 4.79 Å². The molecule has 16 heavy (non-hydrogen) atoms. The summed E-state index contributed by atoms with van der Waals surface area (Å²) in [6, 6.07) is 9.68. The van der Waals surface area contributed by atoms with Crippen LogP contribution in [0.1, 0.15) is 31.2 Å². The number of aliphatic carboxylic acids is 1. The lowest BCUT2D eigenvalue weighted by Gasteiger charge is -2.09. The Morgan fingerprint density at radius 2 is 1.88 bits per heavy atom. The fourth-order valence-corrected chi connectivity index (χ4v) is 1.34. The lowest BCUT2D eigenvalue weighted by atomic mass is 9.98. The molecule has 1 aromatic rings. The molecule has 2 N–H and O–H groups in total. The average molecular weight is 221 g/mol. The van der Waals surface area contributed by atoms with Crippen molar-refractivity contribution in [3.8, 4) is 0 Å². The Labute approximate surface area is 96.5 Å². The van der Waals surface area contributed by atoms with Gasteiger partial charge in [-0.25, -0.2) is 0 Å². The second kappa shape index (κ2) is 7.01. The maximum Gasteiger partial charge on any atom is 0.303 e. The minimum atomic E-state index is -0.744. The van der Waals surface area contributed by atoms with Gasteiger partial charge in [0.05, 0.1) is 6.42 Å². The highest BCUT2D eigenvalue weighted by atomic mass is 16.4. The molecule has 1 aromatic carbocycles. The number of hydrogen-bond donors (Lipinski definition) is 2. The predicted octanol–water partition coefficient (Wildman–Crippen LogP) is 2.24. The molecule has 3 nitrogen and oxygen atoms in total. The Bertz CT molecular complexity index is 303. The minimum Gasteiger partial charge on any atom is -0.481 e. The van der Waals surface area contributed by atoms with Crippen molar-refractivity contribution in [2.45, 2.75) is 25.7 Å². The van der Waals surface area contributed by atoms with Gasteiger partial charge >= 0.3 is 5.97 Å². The normalized spacial score (nSPS) is 15.3. The van der Waals surface area contributed by atoms with Gasteiger partial charge in [0.1, 0.15) is 0 Å². The van der Waals surface area contributed by atoms with Gasteiger partial charge in [-0.1, -0.05) is 37.3 Å². The van der Waals surface area contributed by atoms with Gasteiger partial charge < -0.3 is 10.4 Å². The summed E-state index contributed by atoms with van der Waals surface area (Å²) in [6.45, 7) is 4.42. The number of benzene rings is 1. The molecule has 1 heterocycles. The van der Waals surface area contributed by atoms with E-state index in [2.05, 4.69) is 5.32 Å². The number of carboxylic acids is 1. The molecule has 1 unspecified atom stereocenters. The molecule has 0 radical (unpaired) electrons. The van der Waals surface area contributed by atoms with Crippen LogP contribution in [0.15, 0.2) is 30.3 Å². The summed E-state index contributed by atoms with van der Waals surface area (Å²) < 4.78 is 0. The molecule has 2 rings (SSSR count). The van der Waals surface area contributed by atoms with Crippen LogP contribution in [0, 0.1) is 0 Å². The fourth-order valence-electron chi connectivity index (χ4n) is 1.34. The van der Waals surface area contributed by atoms with Crippen molar-refractivity contribution in [2.24, 2.45) is 0 Å². The minimum absolute atomic E-state index is 0.101. The number of rotatable bonds is 3. The zero-order chi connectivity index (χ0) is 11.8. The fraction of sp³-hybridized carbons (Fsp3) is 0.462. The van der Waals surface area contributed by atoms with Gasteiger partial charge in [-0.05, 0) is 31.0 Å². The molecule has 1 aliphatic heterocycles. The third kappa shape index (κ3) is 4.94. The topological polar surface area (TPSA) is 49.3 Å². The molecule has 0 amide bonds. The van der Waals surface area contributed by atoms with Crippen LogP contribution in [0.4, 0.5) is 0 Å². The average Bonchev–Trinajstić information content (AvgIpc) is 2.15. The summed E-state index contributed by atoms with van der Waals surface area (Å²) in [5.74, 6) is -0.643. The Morgan fingerprint density at radius 3 is 2.25 bits per heavy atom. The van der Waals surface area contributed by atoms with E-state index in [1.165, 1.54) is 19.5 Å². The second-order valence-electron chi connectivity index (χ2n) is 4.01. The molecule has 0 aromatic heterocycles. The smallest absolute Gasteiger partial charge is 0.303 e. The molecular weight excluding hydrogens is 202 g/mol. The van der Waals surface area contributed by atoms with Crippen LogP contribution in [-0.2, 0) is 4.79 Å². The maximum atomic E-state index is 10.4. The van der Waals surface area contributed by atoms with Crippen LogP contribution in [0.5, 0.6) is 0 Å². The number of hydrogen-bond acceptors (Lipinski definition) is 2. The summed E-state index contributed by atoms with van der Waals surface area (Å²) in [5, 5.41) is 11.7. The Hall–Kier alpha value is -1.35. The largest absolute Gasteiger partial charge is 0.481 e. The molecule has 0 spiro atoms. The summed E-state index contributed by atoms with van der Waals surface area (Å²) in [5.41, 5.74) is 1.08. The molecule has 1 saturated heterocycles. The standard InChI is InChI=1S/C10H12O2.C3H7N/c1-8(7-10(11)12)9-5-3-2-4-6-9;1-2-4-3-1/h2-6,8H,7H2,1H3,(H,11,12);4H,1-3H2. The number of nitrogens with one attached hydrogen (secondary N) is 1. The van der Waals surface area contributed by atoms with Gasteiger partial charge in [0.2, 0.25) is 0 Å². The van der Waals surface area contributed by atoms with Crippen molar-refractivity contribution >= 4 is 5.97 Å². The Kier molecular flexibility index (Phi) is 5.57. The molecule has 1 fully saturated rings. The molecule has 1 atom stereocenters. The van der Waals surface area contributed by atoms with E-state index in [1.807, 2.05) is 37.3 Å². The zero-order valence-electron chi connectivity index (χ0n) is 9.65. The lowest BCUT2D eigenvalue weighted by molar-refractivity contribution is -0.137. The van der Waals surface area contributed by atoms with Crippen molar-refractivity contribution < 1.29 is 9.90 Å². The first-order valence-electron chi connectivity index (χ1n) is 5.67. The van der Waals surface area contributed by atoms with Crippen molar-refractivity contribution in [3.05, 3.63) is 35.9 Å². The van der Waals surface area contributed by atoms with Crippen LogP contribution in [0.25, 0.3) is 0 Å². The Balaban J connectivity index is 0.000000267. The highest BCUT2D eigenvalue weighted by molar-refractivity contribution is 5.67. The van der Waals surface area contributed by atoms with Crippen LogP contribution in [0.2, 0.25) is 0 Å². The number of carbonyl (C=O) groups is 1.